The number of hydrogen-bond donors (Lipinski definition) is 1. The average Bonchev–Trinajstić information content (AvgIpc) is 2.95. The zero-order valence-corrected chi connectivity index (χ0v) is 12.9. The monoisotopic (exact) mass is 301 g/mol. The molecule has 1 aromatic heterocycles. The molecule has 6 nitrogen and oxygen atoms in total. The molecule has 0 spiro atoms. The summed E-state index contributed by atoms with van der Waals surface area (Å²) in [4.78, 5) is 12.3. The van der Waals surface area contributed by atoms with E-state index in [9.17, 15) is 13.2 Å². The SMILES string of the molecule is CCn1c(C2CCCC2)c(N)c(=O)n1CCS(C)(=O)=O. The van der Waals surface area contributed by atoms with Crippen LogP contribution in [0.1, 0.15) is 44.2 Å². The van der Waals surface area contributed by atoms with Crippen LogP contribution in [0.15, 0.2) is 4.79 Å². The fraction of sp³-hybridized carbons (Fsp3) is 0.769. The van der Waals surface area contributed by atoms with Gasteiger partial charge in [-0.3, -0.25) is 9.48 Å². The fourth-order valence-corrected chi connectivity index (χ4v) is 3.58. The van der Waals surface area contributed by atoms with Crippen LogP contribution in [0.5, 0.6) is 0 Å². The Balaban J connectivity index is 2.41. The average molecular weight is 301 g/mol. The van der Waals surface area contributed by atoms with E-state index in [0.29, 0.717) is 18.2 Å². The van der Waals surface area contributed by atoms with Crippen molar-refractivity contribution in [2.75, 3.05) is 17.7 Å². The molecule has 0 aliphatic heterocycles. The molecule has 0 amide bonds. The molecule has 0 saturated heterocycles. The minimum Gasteiger partial charge on any atom is -0.393 e. The van der Waals surface area contributed by atoms with Crippen molar-refractivity contribution in [2.24, 2.45) is 0 Å². The summed E-state index contributed by atoms with van der Waals surface area (Å²) < 4.78 is 26.0. The smallest absolute Gasteiger partial charge is 0.290 e. The molecular weight excluding hydrogens is 278 g/mol. The summed E-state index contributed by atoms with van der Waals surface area (Å²) in [6.45, 7) is 2.75. The fourth-order valence-electron chi connectivity index (χ4n) is 3.07. The van der Waals surface area contributed by atoms with E-state index in [1.54, 1.807) is 0 Å². The third-order valence-electron chi connectivity index (χ3n) is 4.03. The van der Waals surface area contributed by atoms with Gasteiger partial charge in [0.15, 0.2) is 0 Å². The summed E-state index contributed by atoms with van der Waals surface area (Å²) in [6.07, 6.45) is 5.62. The lowest BCUT2D eigenvalue weighted by molar-refractivity contribution is 0.446. The number of nitrogens with zero attached hydrogens (tertiary/aromatic N) is 2. The minimum absolute atomic E-state index is 0.0412. The van der Waals surface area contributed by atoms with E-state index in [4.69, 9.17) is 5.73 Å². The maximum absolute atomic E-state index is 12.3. The molecule has 1 heterocycles. The van der Waals surface area contributed by atoms with Gasteiger partial charge >= 0.3 is 0 Å². The zero-order valence-electron chi connectivity index (χ0n) is 12.1. The highest BCUT2D eigenvalue weighted by Crippen LogP contribution is 2.36. The summed E-state index contributed by atoms with van der Waals surface area (Å²) in [5, 5.41) is 0. The first-order valence-corrected chi connectivity index (χ1v) is 9.18. The van der Waals surface area contributed by atoms with E-state index in [1.165, 1.54) is 10.9 Å². The van der Waals surface area contributed by atoms with Crippen LogP contribution in [0.4, 0.5) is 5.69 Å². The van der Waals surface area contributed by atoms with Crippen molar-refractivity contribution in [3.8, 4) is 0 Å². The second-order valence-corrected chi connectivity index (χ2v) is 7.81. The van der Waals surface area contributed by atoms with Gasteiger partial charge < -0.3 is 5.73 Å². The molecule has 1 fully saturated rings. The number of nitrogen functional groups attached to an aromatic ring is 1. The van der Waals surface area contributed by atoms with Crippen LogP contribution in [0.3, 0.4) is 0 Å². The van der Waals surface area contributed by atoms with Gasteiger partial charge in [-0.2, -0.15) is 0 Å². The van der Waals surface area contributed by atoms with E-state index >= 15 is 0 Å². The lowest BCUT2D eigenvalue weighted by Gasteiger charge is -2.16. The molecule has 2 rings (SSSR count). The summed E-state index contributed by atoms with van der Waals surface area (Å²) in [5.74, 6) is 0.294. The van der Waals surface area contributed by atoms with E-state index in [0.717, 1.165) is 31.4 Å². The molecule has 1 aliphatic rings. The van der Waals surface area contributed by atoms with Crippen LogP contribution in [-0.2, 0) is 22.9 Å². The molecule has 20 heavy (non-hydrogen) atoms. The Morgan fingerprint density at radius 2 is 1.85 bits per heavy atom. The standard InChI is InChI=1S/C13H23N3O3S/c1-3-15-12(10-6-4-5-7-10)11(14)13(17)16(15)8-9-20(2,18)19/h10H,3-9,14H2,1-2H3. The predicted octanol–water partition coefficient (Wildman–Crippen LogP) is 0.954. The molecule has 0 bridgehead atoms. The van der Waals surface area contributed by atoms with Gasteiger partial charge in [0.2, 0.25) is 0 Å². The molecular formula is C13H23N3O3S. The highest BCUT2D eigenvalue weighted by molar-refractivity contribution is 7.90. The van der Waals surface area contributed by atoms with Crippen molar-refractivity contribution in [2.45, 2.75) is 51.6 Å². The Bertz CT molecular complexity index is 637. The molecule has 114 valence electrons. The Kier molecular flexibility index (Phi) is 4.27. The number of anilines is 1. The molecule has 7 heteroatoms. The van der Waals surface area contributed by atoms with Crippen LogP contribution < -0.4 is 11.3 Å². The zero-order chi connectivity index (χ0) is 14.9. The summed E-state index contributed by atoms with van der Waals surface area (Å²) >= 11 is 0. The molecule has 1 saturated carbocycles. The summed E-state index contributed by atoms with van der Waals surface area (Å²) in [7, 11) is -3.10. The van der Waals surface area contributed by atoms with Crippen LogP contribution in [-0.4, -0.2) is 29.8 Å². The third-order valence-corrected chi connectivity index (χ3v) is 4.95. The lowest BCUT2D eigenvalue weighted by Crippen LogP contribution is -2.27. The van der Waals surface area contributed by atoms with Gasteiger partial charge in [0.25, 0.3) is 5.56 Å². The molecule has 0 aromatic carbocycles. The van der Waals surface area contributed by atoms with Gasteiger partial charge in [0.1, 0.15) is 15.5 Å². The van der Waals surface area contributed by atoms with Gasteiger partial charge in [-0.15, -0.1) is 0 Å². The van der Waals surface area contributed by atoms with Crippen molar-refractivity contribution < 1.29 is 8.42 Å². The van der Waals surface area contributed by atoms with Gasteiger partial charge in [-0.05, 0) is 19.8 Å². The highest BCUT2D eigenvalue weighted by atomic mass is 32.2. The number of sulfone groups is 1. The van der Waals surface area contributed by atoms with E-state index in [1.807, 2.05) is 11.6 Å². The van der Waals surface area contributed by atoms with Crippen molar-refractivity contribution in [1.29, 1.82) is 0 Å². The van der Waals surface area contributed by atoms with Crippen molar-refractivity contribution in [3.63, 3.8) is 0 Å². The first kappa shape index (κ1) is 15.2. The lowest BCUT2D eigenvalue weighted by atomic mass is 10.0. The Labute approximate surface area is 119 Å². The Morgan fingerprint density at radius 1 is 1.25 bits per heavy atom. The Hall–Kier alpha value is -1.24. The van der Waals surface area contributed by atoms with Gasteiger partial charge in [-0.25, -0.2) is 13.1 Å². The molecule has 2 N–H and O–H groups in total. The molecule has 0 radical (unpaired) electrons. The van der Waals surface area contributed by atoms with Crippen LogP contribution in [0.25, 0.3) is 0 Å². The van der Waals surface area contributed by atoms with Crippen molar-refractivity contribution in [3.05, 3.63) is 16.0 Å². The highest BCUT2D eigenvalue weighted by Gasteiger charge is 2.27. The quantitative estimate of drug-likeness (QED) is 0.877. The third kappa shape index (κ3) is 2.92. The first-order chi connectivity index (χ1) is 9.35. The topological polar surface area (TPSA) is 87.1 Å². The molecule has 0 unspecified atom stereocenters. The second kappa shape index (κ2) is 5.63. The summed E-state index contributed by atoms with van der Waals surface area (Å²) in [5.41, 5.74) is 6.95. The van der Waals surface area contributed by atoms with E-state index in [-0.39, 0.29) is 17.9 Å². The first-order valence-electron chi connectivity index (χ1n) is 7.12. The van der Waals surface area contributed by atoms with E-state index < -0.39 is 9.84 Å². The van der Waals surface area contributed by atoms with Crippen molar-refractivity contribution >= 4 is 15.5 Å². The summed E-state index contributed by atoms with van der Waals surface area (Å²) in [6, 6.07) is 0. The van der Waals surface area contributed by atoms with E-state index in [2.05, 4.69) is 0 Å². The van der Waals surface area contributed by atoms with Crippen LogP contribution >= 0.6 is 0 Å². The number of nitrogens with two attached hydrogens (primary N) is 1. The van der Waals surface area contributed by atoms with Gasteiger partial charge in [-0.1, -0.05) is 12.8 Å². The molecule has 0 atom stereocenters. The van der Waals surface area contributed by atoms with Crippen LogP contribution in [0, 0.1) is 0 Å². The maximum Gasteiger partial charge on any atom is 0.290 e. The number of aromatic nitrogens is 2. The minimum atomic E-state index is -3.10. The largest absolute Gasteiger partial charge is 0.393 e. The normalized spacial score (nSPS) is 16.9. The van der Waals surface area contributed by atoms with Gasteiger partial charge in [0, 0.05) is 18.7 Å². The van der Waals surface area contributed by atoms with Gasteiger partial charge in [0.05, 0.1) is 18.0 Å². The molecule has 1 aliphatic carbocycles. The maximum atomic E-state index is 12.3. The van der Waals surface area contributed by atoms with Crippen LogP contribution in [0.2, 0.25) is 0 Å². The number of hydrogen-bond acceptors (Lipinski definition) is 4. The second-order valence-electron chi connectivity index (χ2n) is 5.55. The van der Waals surface area contributed by atoms with Crippen molar-refractivity contribution in [1.82, 2.24) is 9.36 Å². The molecule has 1 aromatic rings. The Morgan fingerprint density at radius 3 is 2.35 bits per heavy atom. The predicted molar refractivity (Wildman–Crippen MR) is 79.7 cm³/mol. The number of rotatable bonds is 5.